The molecule has 0 aliphatic carbocycles. The molecule has 4 rings (SSSR count). The molecule has 0 N–H and O–H groups in total. The first-order valence-corrected chi connectivity index (χ1v) is 13.4. The van der Waals surface area contributed by atoms with Gasteiger partial charge in [-0.15, -0.1) is 0 Å². The lowest BCUT2D eigenvalue weighted by Gasteiger charge is -2.41. The molecule has 2 heterocycles. The molecular weight excluding hydrogens is 514 g/mol. The van der Waals surface area contributed by atoms with E-state index in [2.05, 4.69) is 0 Å². The fourth-order valence-electron chi connectivity index (χ4n) is 5.15. The zero-order chi connectivity index (χ0) is 27.0. The maximum absolute atomic E-state index is 13.6. The van der Waals surface area contributed by atoms with Gasteiger partial charge in [0.15, 0.2) is 0 Å². The molecular formula is C25H29F4N3O4S. The van der Waals surface area contributed by atoms with E-state index in [0.717, 1.165) is 25.0 Å². The minimum absolute atomic E-state index is 0.0148. The highest BCUT2D eigenvalue weighted by molar-refractivity contribution is 7.89. The van der Waals surface area contributed by atoms with E-state index in [1.165, 1.54) is 22.4 Å². The van der Waals surface area contributed by atoms with Crippen LogP contribution in [0.1, 0.15) is 31.7 Å². The van der Waals surface area contributed by atoms with Crippen LogP contribution in [0.3, 0.4) is 0 Å². The third kappa shape index (κ3) is 5.69. The molecule has 0 radical (unpaired) electrons. The number of hydrogen-bond donors (Lipinski definition) is 0. The van der Waals surface area contributed by atoms with E-state index in [1.54, 1.807) is 25.1 Å². The van der Waals surface area contributed by atoms with Gasteiger partial charge in [-0.1, -0.05) is 6.07 Å². The van der Waals surface area contributed by atoms with Gasteiger partial charge in [0.25, 0.3) is 0 Å². The molecule has 2 aliphatic heterocycles. The number of esters is 1. The van der Waals surface area contributed by atoms with Crippen molar-refractivity contribution in [3.05, 3.63) is 53.8 Å². The van der Waals surface area contributed by atoms with Crippen LogP contribution in [0.2, 0.25) is 0 Å². The molecule has 0 aromatic heterocycles. The number of halogens is 4. The average molecular weight is 544 g/mol. The number of carbonyl (C=O) groups excluding carboxylic acids is 1. The van der Waals surface area contributed by atoms with Crippen LogP contribution in [0.4, 0.5) is 28.9 Å². The van der Waals surface area contributed by atoms with Gasteiger partial charge in [0.05, 0.1) is 24.0 Å². The summed E-state index contributed by atoms with van der Waals surface area (Å²) >= 11 is 0. The predicted octanol–water partition coefficient (Wildman–Crippen LogP) is 4.28. The fourth-order valence-corrected chi connectivity index (χ4v) is 6.80. The van der Waals surface area contributed by atoms with Crippen LogP contribution in [0.5, 0.6) is 0 Å². The second kappa shape index (κ2) is 10.5. The van der Waals surface area contributed by atoms with Gasteiger partial charge in [0.1, 0.15) is 5.82 Å². The number of sulfonamides is 1. The number of ether oxygens (including phenoxy) is 1. The van der Waals surface area contributed by atoms with Crippen LogP contribution in [-0.2, 0) is 25.7 Å². The fraction of sp³-hybridized carbons (Fsp3) is 0.480. The number of anilines is 2. The molecule has 2 aliphatic rings. The molecule has 0 spiro atoms. The maximum Gasteiger partial charge on any atom is 0.418 e. The van der Waals surface area contributed by atoms with Crippen LogP contribution in [0.15, 0.2) is 47.4 Å². The number of methoxy groups -OCH3 is 1. The SMILES string of the molecule is COC(=O)CC1CCCN1c1cccc(S(=O)(=O)N2CCN(c3ccc(F)cc3C(F)(F)F)C[C@H]2C)c1. The first-order valence-electron chi connectivity index (χ1n) is 12.0. The van der Waals surface area contributed by atoms with Gasteiger partial charge in [0, 0.05) is 49.6 Å². The Bertz CT molecular complexity index is 1250. The summed E-state index contributed by atoms with van der Waals surface area (Å²) in [6.07, 6.45) is -2.89. The Morgan fingerprint density at radius 2 is 1.86 bits per heavy atom. The van der Waals surface area contributed by atoms with Crippen molar-refractivity contribution >= 4 is 27.4 Å². The molecule has 0 saturated carbocycles. The Labute approximate surface area is 213 Å². The largest absolute Gasteiger partial charge is 0.469 e. The zero-order valence-electron chi connectivity index (χ0n) is 20.5. The normalized spacial score (nSPS) is 21.4. The highest BCUT2D eigenvalue weighted by atomic mass is 32.2. The first kappa shape index (κ1) is 27.2. The average Bonchev–Trinajstić information content (AvgIpc) is 3.31. The van der Waals surface area contributed by atoms with E-state index in [-0.39, 0.29) is 48.6 Å². The molecule has 1 unspecified atom stereocenters. The minimum Gasteiger partial charge on any atom is -0.469 e. The van der Waals surface area contributed by atoms with Crippen molar-refractivity contribution in [1.82, 2.24) is 4.31 Å². The lowest BCUT2D eigenvalue weighted by Crippen LogP contribution is -2.54. The van der Waals surface area contributed by atoms with E-state index in [0.29, 0.717) is 18.3 Å². The molecule has 37 heavy (non-hydrogen) atoms. The van der Waals surface area contributed by atoms with Crippen LogP contribution in [0.25, 0.3) is 0 Å². The number of piperazine rings is 1. The summed E-state index contributed by atoms with van der Waals surface area (Å²) in [7, 11) is -2.62. The van der Waals surface area contributed by atoms with Crippen LogP contribution in [-0.4, -0.2) is 64.1 Å². The molecule has 2 saturated heterocycles. The summed E-state index contributed by atoms with van der Waals surface area (Å²) in [6, 6.07) is 8.29. The van der Waals surface area contributed by atoms with Crippen LogP contribution in [0, 0.1) is 5.82 Å². The Kier molecular flexibility index (Phi) is 7.70. The monoisotopic (exact) mass is 543 g/mol. The van der Waals surface area contributed by atoms with E-state index in [1.807, 2.05) is 4.90 Å². The topological polar surface area (TPSA) is 70.2 Å². The number of carbonyl (C=O) groups is 1. The minimum atomic E-state index is -4.74. The lowest BCUT2D eigenvalue weighted by atomic mass is 10.1. The lowest BCUT2D eigenvalue weighted by molar-refractivity contribution is -0.141. The quantitative estimate of drug-likeness (QED) is 0.400. The second-order valence-electron chi connectivity index (χ2n) is 9.34. The Balaban J connectivity index is 1.54. The van der Waals surface area contributed by atoms with E-state index in [9.17, 15) is 30.8 Å². The van der Waals surface area contributed by atoms with Gasteiger partial charge in [-0.3, -0.25) is 4.79 Å². The molecule has 2 atom stereocenters. The van der Waals surface area contributed by atoms with Crippen molar-refractivity contribution in [2.24, 2.45) is 0 Å². The molecule has 2 fully saturated rings. The van der Waals surface area contributed by atoms with Crippen molar-refractivity contribution in [1.29, 1.82) is 0 Å². The van der Waals surface area contributed by atoms with Gasteiger partial charge >= 0.3 is 12.1 Å². The maximum atomic E-state index is 13.6. The Morgan fingerprint density at radius 3 is 2.54 bits per heavy atom. The summed E-state index contributed by atoms with van der Waals surface area (Å²) < 4.78 is 87.3. The summed E-state index contributed by atoms with van der Waals surface area (Å²) in [4.78, 5) is 15.3. The molecule has 202 valence electrons. The number of rotatable bonds is 6. The standard InChI is InChI=1S/C25H29F4N3O4S/c1-17-16-30(23-9-8-18(26)13-22(23)25(27,28)29)11-12-32(17)37(34,35)21-7-3-5-19(14-21)31-10-4-6-20(31)15-24(33)36-2/h3,5,7-9,13-14,17,20H,4,6,10-12,15-16H2,1-2H3/t17-,20?/m1/s1. The highest BCUT2D eigenvalue weighted by Gasteiger charge is 2.39. The third-order valence-electron chi connectivity index (χ3n) is 6.93. The highest BCUT2D eigenvalue weighted by Crippen LogP contribution is 2.38. The van der Waals surface area contributed by atoms with Gasteiger partial charge in [-0.2, -0.15) is 17.5 Å². The molecule has 0 amide bonds. The van der Waals surface area contributed by atoms with Gasteiger partial charge in [0.2, 0.25) is 10.0 Å². The second-order valence-corrected chi connectivity index (χ2v) is 11.2. The molecule has 2 aromatic rings. The summed E-state index contributed by atoms with van der Waals surface area (Å²) in [6.45, 7) is 2.32. The Hall–Kier alpha value is -2.86. The van der Waals surface area contributed by atoms with Crippen LogP contribution < -0.4 is 9.80 Å². The van der Waals surface area contributed by atoms with Crippen LogP contribution >= 0.6 is 0 Å². The first-order chi connectivity index (χ1) is 17.4. The van der Waals surface area contributed by atoms with Crippen molar-refractivity contribution in [3.8, 4) is 0 Å². The smallest absolute Gasteiger partial charge is 0.418 e. The van der Waals surface area contributed by atoms with E-state index >= 15 is 0 Å². The third-order valence-corrected chi connectivity index (χ3v) is 8.94. The summed E-state index contributed by atoms with van der Waals surface area (Å²) in [5.41, 5.74) is -0.582. The summed E-state index contributed by atoms with van der Waals surface area (Å²) in [5, 5.41) is 0. The van der Waals surface area contributed by atoms with E-state index in [4.69, 9.17) is 4.74 Å². The zero-order valence-corrected chi connectivity index (χ0v) is 21.4. The molecule has 0 bridgehead atoms. The molecule has 2 aromatic carbocycles. The number of benzene rings is 2. The number of hydrogen-bond acceptors (Lipinski definition) is 6. The Morgan fingerprint density at radius 1 is 1.11 bits per heavy atom. The molecule has 7 nitrogen and oxygen atoms in total. The van der Waals surface area contributed by atoms with Crippen molar-refractivity contribution in [2.45, 2.75) is 49.3 Å². The number of alkyl halides is 3. The number of nitrogens with zero attached hydrogens (tertiary/aromatic N) is 3. The van der Waals surface area contributed by atoms with Gasteiger partial charge in [-0.25, -0.2) is 12.8 Å². The van der Waals surface area contributed by atoms with Crippen molar-refractivity contribution in [2.75, 3.05) is 43.1 Å². The van der Waals surface area contributed by atoms with Gasteiger partial charge in [-0.05, 0) is 56.2 Å². The predicted molar refractivity (Wildman–Crippen MR) is 130 cm³/mol. The van der Waals surface area contributed by atoms with Crippen molar-refractivity contribution < 1.29 is 35.5 Å². The summed E-state index contributed by atoms with van der Waals surface area (Å²) in [5.74, 6) is -1.32. The van der Waals surface area contributed by atoms with Crippen molar-refractivity contribution in [3.63, 3.8) is 0 Å². The van der Waals surface area contributed by atoms with Gasteiger partial charge < -0.3 is 14.5 Å². The molecule has 12 heteroatoms. The van der Waals surface area contributed by atoms with E-state index < -0.39 is 33.6 Å².